The van der Waals surface area contributed by atoms with Crippen molar-refractivity contribution in [2.24, 2.45) is 0 Å². The van der Waals surface area contributed by atoms with Crippen molar-refractivity contribution in [3.8, 4) is 5.69 Å². The first-order chi connectivity index (χ1) is 9.06. The number of rotatable bonds is 1. The maximum atomic E-state index is 13.7. The van der Waals surface area contributed by atoms with E-state index in [-0.39, 0.29) is 17.6 Å². The zero-order valence-electron chi connectivity index (χ0n) is 9.57. The molecule has 0 saturated heterocycles. The summed E-state index contributed by atoms with van der Waals surface area (Å²) >= 11 is 1.89. The lowest BCUT2D eigenvalue weighted by Crippen LogP contribution is -2.01. The molecule has 0 radical (unpaired) electrons. The second kappa shape index (κ2) is 4.44. The van der Waals surface area contributed by atoms with E-state index in [0.29, 0.717) is 20.3 Å². The van der Waals surface area contributed by atoms with Crippen molar-refractivity contribution in [1.82, 2.24) is 9.55 Å². The van der Waals surface area contributed by atoms with Crippen molar-refractivity contribution >= 4 is 39.6 Å². The fourth-order valence-corrected chi connectivity index (χ4v) is 2.43. The van der Waals surface area contributed by atoms with Crippen LogP contribution in [-0.2, 0) is 0 Å². The van der Waals surface area contributed by atoms with E-state index >= 15 is 0 Å². The van der Waals surface area contributed by atoms with Gasteiger partial charge in [0, 0.05) is 6.07 Å². The molecule has 0 saturated carbocycles. The van der Waals surface area contributed by atoms with Crippen LogP contribution in [0.4, 0.5) is 14.7 Å². The van der Waals surface area contributed by atoms with Gasteiger partial charge in [-0.3, -0.25) is 4.57 Å². The topological polar surface area (TPSA) is 43.8 Å². The second-order valence-corrected chi connectivity index (χ2v) is 5.20. The van der Waals surface area contributed by atoms with Gasteiger partial charge in [-0.05, 0) is 46.9 Å². The lowest BCUT2D eigenvalue weighted by Gasteiger charge is -2.06. The average molecular weight is 371 g/mol. The van der Waals surface area contributed by atoms with E-state index in [9.17, 15) is 8.78 Å². The predicted octanol–water partition coefficient (Wildman–Crippen LogP) is 3.49. The summed E-state index contributed by atoms with van der Waals surface area (Å²) in [6.45, 7) is 0. The molecule has 0 unspecified atom stereocenters. The lowest BCUT2D eigenvalue weighted by atomic mass is 10.2. The molecule has 3 aromatic rings. The van der Waals surface area contributed by atoms with Crippen molar-refractivity contribution < 1.29 is 8.78 Å². The van der Waals surface area contributed by atoms with Gasteiger partial charge in [0.25, 0.3) is 0 Å². The smallest absolute Gasteiger partial charge is 0.205 e. The number of fused-ring (bicyclic) bond motifs is 1. The van der Waals surface area contributed by atoms with Gasteiger partial charge in [-0.25, -0.2) is 13.8 Å². The van der Waals surface area contributed by atoms with Crippen LogP contribution in [0.3, 0.4) is 0 Å². The number of nitrogens with zero attached hydrogens (tertiary/aromatic N) is 2. The van der Waals surface area contributed by atoms with Crippen molar-refractivity contribution in [3.05, 3.63) is 51.6 Å². The maximum Gasteiger partial charge on any atom is 0.205 e. The summed E-state index contributed by atoms with van der Waals surface area (Å²) in [7, 11) is 0. The van der Waals surface area contributed by atoms with E-state index in [0.717, 1.165) is 0 Å². The highest BCUT2D eigenvalue weighted by Gasteiger charge is 2.13. The molecule has 0 spiro atoms. The number of nitrogens with two attached hydrogens (primary N) is 1. The third-order valence-electron chi connectivity index (χ3n) is 2.79. The highest BCUT2D eigenvalue weighted by molar-refractivity contribution is 14.1. The minimum Gasteiger partial charge on any atom is -0.369 e. The van der Waals surface area contributed by atoms with Crippen LogP contribution in [0.15, 0.2) is 36.4 Å². The standard InChI is InChI=1S/C13H8F2IN3/c14-7-2-1-3-8(4-7)19-12-5-9(15)10(16)6-11(12)18-13(19)17/h1-6H,(H2,17,18). The van der Waals surface area contributed by atoms with Crippen LogP contribution < -0.4 is 5.73 Å². The summed E-state index contributed by atoms with van der Waals surface area (Å²) < 4.78 is 28.9. The van der Waals surface area contributed by atoms with Gasteiger partial charge in [0.2, 0.25) is 5.95 Å². The molecular weight excluding hydrogens is 363 g/mol. The Morgan fingerprint density at radius 2 is 1.95 bits per heavy atom. The zero-order chi connectivity index (χ0) is 13.6. The van der Waals surface area contributed by atoms with Crippen molar-refractivity contribution in [3.63, 3.8) is 0 Å². The van der Waals surface area contributed by atoms with Crippen molar-refractivity contribution in [2.75, 3.05) is 5.73 Å². The fourth-order valence-electron chi connectivity index (χ4n) is 1.98. The summed E-state index contributed by atoms with van der Waals surface area (Å²) in [4.78, 5) is 4.17. The largest absolute Gasteiger partial charge is 0.369 e. The molecule has 6 heteroatoms. The summed E-state index contributed by atoms with van der Waals surface area (Å²) in [6.07, 6.45) is 0. The number of hydrogen-bond donors (Lipinski definition) is 1. The molecule has 3 nitrogen and oxygen atoms in total. The molecule has 2 aromatic carbocycles. The Labute approximate surface area is 121 Å². The van der Waals surface area contributed by atoms with Crippen molar-refractivity contribution in [1.29, 1.82) is 0 Å². The Hall–Kier alpha value is -1.70. The first-order valence-electron chi connectivity index (χ1n) is 5.45. The van der Waals surface area contributed by atoms with E-state index in [1.54, 1.807) is 18.2 Å². The highest BCUT2D eigenvalue weighted by Crippen LogP contribution is 2.26. The third-order valence-corrected chi connectivity index (χ3v) is 3.62. The second-order valence-electron chi connectivity index (χ2n) is 4.04. The average Bonchev–Trinajstić information content (AvgIpc) is 2.65. The van der Waals surface area contributed by atoms with Crippen molar-refractivity contribution in [2.45, 2.75) is 0 Å². The minimum absolute atomic E-state index is 0.196. The van der Waals surface area contributed by atoms with Crippen LogP contribution in [0.1, 0.15) is 0 Å². The van der Waals surface area contributed by atoms with Gasteiger partial charge in [0.1, 0.15) is 11.6 Å². The Morgan fingerprint density at radius 1 is 1.16 bits per heavy atom. The Kier molecular flexibility index (Phi) is 2.89. The number of nitrogen functional groups attached to an aromatic ring is 1. The fraction of sp³-hybridized carbons (Fsp3) is 0. The monoisotopic (exact) mass is 371 g/mol. The third kappa shape index (κ3) is 2.05. The summed E-state index contributed by atoms with van der Waals surface area (Å²) in [5.74, 6) is -0.544. The van der Waals surface area contributed by atoms with E-state index in [2.05, 4.69) is 4.98 Å². The molecule has 96 valence electrons. The summed E-state index contributed by atoms with van der Waals surface area (Å²) in [5, 5.41) is 0. The van der Waals surface area contributed by atoms with Gasteiger partial charge in [-0.2, -0.15) is 0 Å². The van der Waals surface area contributed by atoms with Crippen LogP contribution in [-0.4, -0.2) is 9.55 Å². The molecule has 0 atom stereocenters. The van der Waals surface area contributed by atoms with Gasteiger partial charge in [-0.1, -0.05) is 6.07 Å². The van der Waals surface area contributed by atoms with E-state index < -0.39 is 0 Å². The molecule has 1 aromatic heterocycles. The SMILES string of the molecule is Nc1nc2cc(I)c(F)cc2n1-c1cccc(F)c1. The minimum atomic E-state index is -0.385. The summed E-state index contributed by atoms with van der Waals surface area (Å²) in [6, 6.07) is 8.88. The van der Waals surface area contributed by atoms with E-state index in [1.165, 1.54) is 22.8 Å². The number of imidazole rings is 1. The number of anilines is 1. The number of hydrogen-bond acceptors (Lipinski definition) is 2. The number of aromatic nitrogens is 2. The van der Waals surface area contributed by atoms with Gasteiger partial charge in [0.05, 0.1) is 20.3 Å². The lowest BCUT2D eigenvalue weighted by molar-refractivity contribution is 0.621. The first-order valence-corrected chi connectivity index (χ1v) is 6.53. The molecule has 0 aliphatic carbocycles. The maximum absolute atomic E-state index is 13.7. The Balaban J connectivity index is 2.34. The quantitative estimate of drug-likeness (QED) is 0.666. The molecule has 0 aliphatic rings. The zero-order valence-corrected chi connectivity index (χ0v) is 11.7. The molecule has 1 heterocycles. The van der Waals surface area contributed by atoms with E-state index in [1.807, 2.05) is 22.6 Å². The Morgan fingerprint density at radius 3 is 2.68 bits per heavy atom. The molecule has 19 heavy (non-hydrogen) atoms. The predicted molar refractivity (Wildman–Crippen MR) is 78.1 cm³/mol. The Bertz CT molecular complexity index is 783. The highest BCUT2D eigenvalue weighted by atomic mass is 127. The van der Waals surface area contributed by atoms with Crippen LogP contribution in [0.25, 0.3) is 16.7 Å². The number of halogens is 3. The molecule has 2 N–H and O–H groups in total. The van der Waals surface area contributed by atoms with Crippen LogP contribution in [0.2, 0.25) is 0 Å². The normalized spacial score (nSPS) is 11.1. The van der Waals surface area contributed by atoms with Crippen LogP contribution in [0.5, 0.6) is 0 Å². The van der Waals surface area contributed by atoms with Gasteiger partial charge in [-0.15, -0.1) is 0 Å². The van der Waals surface area contributed by atoms with Crippen LogP contribution in [0, 0.1) is 15.2 Å². The summed E-state index contributed by atoms with van der Waals surface area (Å²) in [5.41, 5.74) is 7.45. The first kappa shape index (κ1) is 12.3. The van der Waals surface area contributed by atoms with Gasteiger partial charge >= 0.3 is 0 Å². The molecular formula is C13H8F2IN3. The molecule has 0 amide bonds. The van der Waals surface area contributed by atoms with Gasteiger partial charge in [0.15, 0.2) is 0 Å². The molecule has 3 rings (SSSR count). The van der Waals surface area contributed by atoms with E-state index in [4.69, 9.17) is 5.73 Å². The van der Waals surface area contributed by atoms with Gasteiger partial charge < -0.3 is 5.73 Å². The molecule has 0 bridgehead atoms. The molecule has 0 aliphatic heterocycles. The molecule has 0 fully saturated rings. The van der Waals surface area contributed by atoms with Crippen LogP contribution >= 0.6 is 22.6 Å². The number of benzene rings is 2.